The number of carbonyl (C=O) groups excluding carboxylic acids is 1. The highest BCUT2D eigenvalue weighted by Gasteiger charge is 2.26. The van der Waals surface area contributed by atoms with Crippen molar-refractivity contribution in [3.8, 4) is 16.9 Å². The zero-order valence-corrected chi connectivity index (χ0v) is 22.1. The molecule has 1 saturated heterocycles. The van der Waals surface area contributed by atoms with Crippen molar-refractivity contribution in [2.45, 2.75) is 12.5 Å². The third kappa shape index (κ3) is 5.51. The Balaban J connectivity index is 1.54. The summed E-state index contributed by atoms with van der Waals surface area (Å²) in [5, 5.41) is 6.88. The van der Waals surface area contributed by atoms with Crippen molar-refractivity contribution in [2.75, 3.05) is 49.8 Å². The number of halogens is 1. The van der Waals surface area contributed by atoms with Crippen LogP contribution in [0, 0.1) is 5.82 Å². The van der Waals surface area contributed by atoms with E-state index in [9.17, 15) is 9.18 Å². The number of pyridine rings is 1. The van der Waals surface area contributed by atoms with Crippen molar-refractivity contribution >= 4 is 39.8 Å². The number of ether oxygens (including phenoxy) is 1. The van der Waals surface area contributed by atoms with Crippen LogP contribution in [0.25, 0.3) is 22.0 Å². The van der Waals surface area contributed by atoms with Crippen LogP contribution < -0.4 is 20.3 Å². The van der Waals surface area contributed by atoms with E-state index < -0.39 is 0 Å². The molecular weight excluding hydrogens is 497 g/mol. The van der Waals surface area contributed by atoms with Gasteiger partial charge in [0.2, 0.25) is 11.9 Å². The minimum absolute atomic E-state index is 0.288. The van der Waals surface area contributed by atoms with Gasteiger partial charge in [-0.15, -0.1) is 0 Å². The number of nitrogens with one attached hydrogen (secondary N) is 2. The molecule has 0 radical (unpaired) electrons. The van der Waals surface area contributed by atoms with Crippen LogP contribution in [0.1, 0.15) is 6.42 Å². The summed E-state index contributed by atoms with van der Waals surface area (Å²) in [6, 6.07) is 10.3. The van der Waals surface area contributed by atoms with E-state index in [-0.39, 0.29) is 17.8 Å². The van der Waals surface area contributed by atoms with Gasteiger partial charge in [-0.3, -0.25) is 9.78 Å². The van der Waals surface area contributed by atoms with E-state index in [1.54, 1.807) is 37.8 Å². The maximum atomic E-state index is 13.9. The van der Waals surface area contributed by atoms with E-state index >= 15 is 0 Å². The molecule has 4 aromatic rings. The van der Waals surface area contributed by atoms with Gasteiger partial charge in [0, 0.05) is 55.2 Å². The summed E-state index contributed by atoms with van der Waals surface area (Å²) >= 11 is 0. The first-order valence-corrected chi connectivity index (χ1v) is 12.6. The fourth-order valence-corrected chi connectivity index (χ4v) is 4.84. The highest BCUT2D eigenvalue weighted by atomic mass is 19.1. The Kier molecular flexibility index (Phi) is 7.38. The Morgan fingerprint density at radius 3 is 2.79 bits per heavy atom. The van der Waals surface area contributed by atoms with Gasteiger partial charge in [0.1, 0.15) is 11.6 Å². The van der Waals surface area contributed by atoms with Gasteiger partial charge < -0.3 is 25.2 Å². The number of aromatic nitrogens is 3. The molecule has 0 aliphatic carbocycles. The largest absolute Gasteiger partial charge is 0.494 e. The number of rotatable bonds is 8. The molecule has 1 amide bonds. The first kappa shape index (κ1) is 26.1. The number of hydrogen-bond donors (Lipinski definition) is 2. The van der Waals surface area contributed by atoms with Crippen molar-refractivity contribution < 1.29 is 13.9 Å². The topological polar surface area (TPSA) is 95.5 Å². The normalized spacial score (nSPS) is 15.2. The second-order valence-electron chi connectivity index (χ2n) is 9.53. The average Bonchev–Trinajstić information content (AvgIpc) is 3.38. The molecular formula is C29H30FN7O2. The number of likely N-dealkylation sites (tertiary alicyclic amines) is 1. The zero-order valence-electron chi connectivity index (χ0n) is 22.1. The van der Waals surface area contributed by atoms with Crippen LogP contribution >= 0.6 is 0 Å². The summed E-state index contributed by atoms with van der Waals surface area (Å²) in [6.45, 7) is 5.51. The lowest BCUT2D eigenvalue weighted by atomic mass is 10.1. The Hall–Kier alpha value is -4.57. The molecule has 0 bridgehead atoms. The van der Waals surface area contributed by atoms with Gasteiger partial charge in [0.15, 0.2) is 0 Å². The number of nitrogens with zero attached hydrogens (tertiary/aromatic N) is 5. The monoisotopic (exact) mass is 527 g/mol. The van der Waals surface area contributed by atoms with Gasteiger partial charge in [0.25, 0.3) is 0 Å². The van der Waals surface area contributed by atoms with Gasteiger partial charge in [-0.25, -0.2) is 14.4 Å². The van der Waals surface area contributed by atoms with Crippen LogP contribution in [0.2, 0.25) is 0 Å². The maximum Gasteiger partial charge on any atom is 0.247 e. The fraction of sp³-hybridized carbons (Fsp3) is 0.241. The smallest absolute Gasteiger partial charge is 0.247 e. The number of hydrogen-bond acceptors (Lipinski definition) is 8. The van der Waals surface area contributed by atoms with Crippen LogP contribution in [0.3, 0.4) is 0 Å². The molecule has 9 nitrogen and oxygen atoms in total. The lowest BCUT2D eigenvalue weighted by Crippen LogP contribution is -2.34. The fourth-order valence-electron chi connectivity index (χ4n) is 4.84. The van der Waals surface area contributed by atoms with Crippen LogP contribution in [-0.4, -0.2) is 66.1 Å². The molecule has 2 aromatic heterocycles. The van der Waals surface area contributed by atoms with Crippen molar-refractivity contribution in [1.29, 1.82) is 0 Å². The molecule has 1 aliphatic heterocycles. The SMILES string of the molecule is C=CC(=O)Nc1cc(Nc2ncc3cncc(-c4cccc(F)c4)c3n2)c(OC)cc1N(C)C1CCN(C)C1. The highest BCUT2D eigenvalue weighted by molar-refractivity contribution is 6.02. The lowest BCUT2D eigenvalue weighted by Gasteiger charge is -2.29. The Bertz CT molecular complexity index is 1540. The number of carbonyl (C=O) groups is 1. The molecule has 39 heavy (non-hydrogen) atoms. The van der Waals surface area contributed by atoms with Crippen molar-refractivity contribution in [1.82, 2.24) is 19.9 Å². The van der Waals surface area contributed by atoms with E-state index in [1.165, 1.54) is 18.2 Å². The maximum absolute atomic E-state index is 13.9. The number of methoxy groups -OCH3 is 1. The third-order valence-electron chi connectivity index (χ3n) is 6.93. The molecule has 1 unspecified atom stereocenters. The van der Waals surface area contributed by atoms with Gasteiger partial charge in [-0.1, -0.05) is 18.7 Å². The molecule has 3 heterocycles. The predicted molar refractivity (Wildman–Crippen MR) is 152 cm³/mol. The van der Waals surface area contributed by atoms with Crippen LogP contribution in [-0.2, 0) is 4.79 Å². The summed E-state index contributed by atoms with van der Waals surface area (Å²) in [5.74, 6) is 0.205. The molecule has 1 aliphatic rings. The molecule has 200 valence electrons. The van der Waals surface area contributed by atoms with E-state index in [1.807, 2.05) is 19.2 Å². The minimum atomic E-state index is -0.343. The molecule has 1 atom stereocenters. The first-order chi connectivity index (χ1) is 18.9. The second-order valence-corrected chi connectivity index (χ2v) is 9.53. The van der Waals surface area contributed by atoms with Crippen molar-refractivity contribution in [3.05, 3.63) is 73.5 Å². The first-order valence-electron chi connectivity index (χ1n) is 12.6. The van der Waals surface area contributed by atoms with Crippen LogP contribution in [0.5, 0.6) is 5.75 Å². The van der Waals surface area contributed by atoms with Crippen LogP contribution in [0.4, 0.5) is 27.4 Å². The zero-order chi connectivity index (χ0) is 27.5. The van der Waals surface area contributed by atoms with E-state index in [4.69, 9.17) is 9.72 Å². The Morgan fingerprint density at radius 1 is 1.23 bits per heavy atom. The summed E-state index contributed by atoms with van der Waals surface area (Å²) in [6.07, 6.45) is 7.22. The summed E-state index contributed by atoms with van der Waals surface area (Å²) in [7, 11) is 5.70. The van der Waals surface area contributed by atoms with E-state index in [0.717, 1.165) is 25.2 Å². The standard InChI is InChI=1S/C29H30FN7O2/c1-5-27(38)33-23-12-24(26(39-4)13-25(23)37(3)21-9-10-36(2)17-21)34-29-32-15-19-14-31-16-22(28(19)35-29)18-7-6-8-20(30)11-18/h5-8,11-16,21H,1,9-10,17H2,2-4H3,(H,33,38)(H,32,34,35). The van der Waals surface area contributed by atoms with Crippen molar-refractivity contribution in [3.63, 3.8) is 0 Å². The molecule has 0 spiro atoms. The molecule has 2 N–H and O–H groups in total. The Labute approximate surface area is 226 Å². The van der Waals surface area contributed by atoms with Gasteiger partial charge in [-0.05, 0) is 49.9 Å². The summed E-state index contributed by atoms with van der Waals surface area (Å²) in [4.78, 5) is 30.2. The van der Waals surface area contributed by atoms with Gasteiger partial charge in [-0.2, -0.15) is 0 Å². The number of fused-ring (bicyclic) bond motifs is 1. The molecule has 10 heteroatoms. The molecule has 5 rings (SSSR count). The number of benzene rings is 2. The number of anilines is 4. The number of amides is 1. The quantitative estimate of drug-likeness (QED) is 0.314. The van der Waals surface area contributed by atoms with Gasteiger partial charge >= 0.3 is 0 Å². The predicted octanol–water partition coefficient (Wildman–Crippen LogP) is 4.85. The minimum Gasteiger partial charge on any atom is -0.494 e. The lowest BCUT2D eigenvalue weighted by molar-refractivity contribution is -0.111. The molecule has 2 aromatic carbocycles. The highest BCUT2D eigenvalue weighted by Crippen LogP contribution is 2.39. The third-order valence-corrected chi connectivity index (χ3v) is 6.93. The van der Waals surface area contributed by atoms with E-state index in [2.05, 4.69) is 44.0 Å². The second kappa shape index (κ2) is 11.0. The van der Waals surface area contributed by atoms with E-state index in [0.29, 0.717) is 45.1 Å². The van der Waals surface area contributed by atoms with Crippen LogP contribution in [0.15, 0.2) is 67.6 Å². The van der Waals surface area contributed by atoms with Crippen molar-refractivity contribution in [2.24, 2.45) is 0 Å². The number of likely N-dealkylation sites (N-methyl/N-ethyl adjacent to an activating group) is 2. The average molecular weight is 528 g/mol. The summed E-state index contributed by atoms with van der Waals surface area (Å²) in [5.41, 5.74) is 3.96. The molecule has 1 fully saturated rings. The Morgan fingerprint density at radius 2 is 2.08 bits per heavy atom. The molecule has 0 saturated carbocycles. The summed E-state index contributed by atoms with van der Waals surface area (Å²) < 4.78 is 19.7. The van der Waals surface area contributed by atoms with Gasteiger partial charge in [0.05, 0.1) is 29.7 Å².